The monoisotopic (exact) mass is 393 g/mol. The molecule has 2 saturated heterocycles. The van der Waals surface area contributed by atoms with Crippen LogP contribution in [0.3, 0.4) is 0 Å². The first kappa shape index (κ1) is 20.0. The Bertz CT molecular complexity index is 787. The summed E-state index contributed by atoms with van der Waals surface area (Å²) in [6, 6.07) is 4.93. The Hall–Kier alpha value is -2.77. The van der Waals surface area contributed by atoms with Crippen molar-refractivity contribution >= 4 is 17.7 Å². The number of benzene rings is 1. The summed E-state index contributed by atoms with van der Waals surface area (Å²) in [6.45, 7) is 3.81. The molecule has 1 aromatic rings. The molecule has 0 radical (unpaired) electrons. The van der Waals surface area contributed by atoms with Crippen molar-refractivity contribution in [3.8, 4) is 6.07 Å². The van der Waals surface area contributed by atoms with Gasteiger partial charge < -0.3 is 9.64 Å². The van der Waals surface area contributed by atoms with E-state index in [0.717, 1.165) is 18.2 Å². The molecule has 2 unspecified atom stereocenters. The average molecular weight is 393 g/mol. The number of ether oxygens (including phenoxy) is 1. The average Bonchev–Trinajstić information content (AvgIpc) is 2.98. The van der Waals surface area contributed by atoms with Gasteiger partial charge in [0.05, 0.1) is 18.3 Å². The third kappa shape index (κ3) is 3.90. The molecule has 2 heterocycles. The zero-order chi connectivity index (χ0) is 20.4. The Morgan fingerprint density at radius 2 is 1.86 bits per heavy atom. The maximum atomic E-state index is 13.8. The van der Waals surface area contributed by atoms with Crippen LogP contribution >= 0.6 is 0 Å². The fraction of sp³-hybridized carbons (Fsp3) is 0.500. The molecule has 2 fully saturated rings. The highest BCUT2D eigenvalue weighted by atomic mass is 19.1. The molecule has 2 amide bonds. The van der Waals surface area contributed by atoms with Crippen LogP contribution < -0.4 is 4.90 Å². The van der Waals surface area contributed by atoms with E-state index in [9.17, 15) is 18.4 Å². The van der Waals surface area contributed by atoms with E-state index < -0.39 is 30.1 Å². The number of nitriles is 1. The van der Waals surface area contributed by atoms with Crippen LogP contribution in [0, 0.1) is 23.0 Å². The summed E-state index contributed by atoms with van der Waals surface area (Å²) in [6.07, 6.45) is -2.46. The smallest absolute Gasteiger partial charge is 0.417 e. The predicted octanol–water partition coefficient (Wildman–Crippen LogP) is 1.19. The molecule has 0 aliphatic carbocycles. The molecule has 150 valence electrons. The minimum Gasteiger partial charge on any atom is -0.421 e. The zero-order valence-corrected chi connectivity index (χ0v) is 15.6. The van der Waals surface area contributed by atoms with Gasteiger partial charge in [0.2, 0.25) is 12.1 Å². The molecular weight excluding hydrogens is 372 g/mol. The van der Waals surface area contributed by atoms with E-state index in [1.807, 2.05) is 9.80 Å². The lowest BCUT2D eigenvalue weighted by atomic mass is 10.2. The number of hydrogen-bond acceptors (Lipinski definition) is 6. The number of carbonyl (C=O) groups is 2. The van der Waals surface area contributed by atoms with Crippen LogP contribution in [0.1, 0.15) is 6.92 Å². The molecule has 0 saturated carbocycles. The molecule has 0 N–H and O–H groups in total. The summed E-state index contributed by atoms with van der Waals surface area (Å²) in [4.78, 5) is 30.8. The van der Waals surface area contributed by atoms with Crippen LogP contribution in [0.15, 0.2) is 18.2 Å². The van der Waals surface area contributed by atoms with Gasteiger partial charge in [0.15, 0.2) is 6.17 Å². The maximum absolute atomic E-state index is 13.8. The predicted molar refractivity (Wildman–Crippen MR) is 95.0 cm³/mol. The van der Waals surface area contributed by atoms with Crippen LogP contribution in [-0.4, -0.2) is 78.9 Å². The first-order chi connectivity index (χ1) is 13.3. The van der Waals surface area contributed by atoms with Crippen molar-refractivity contribution in [3.63, 3.8) is 0 Å². The molecule has 2 aliphatic heterocycles. The summed E-state index contributed by atoms with van der Waals surface area (Å²) in [5, 5.41) is 8.86. The fourth-order valence-electron chi connectivity index (χ4n) is 3.48. The van der Waals surface area contributed by atoms with E-state index in [0.29, 0.717) is 32.7 Å². The number of rotatable bonds is 4. The van der Waals surface area contributed by atoms with Gasteiger partial charge in [-0.25, -0.2) is 13.6 Å². The largest absolute Gasteiger partial charge is 0.421 e. The van der Waals surface area contributed by atoms with Gasteiger partial charge in [-0.15, -0.1) is 0 Å². The van der Waals surface area contributed by atoms with E-state index in [-0.39, 0.29) is 11.6 Å². The fourth-order valence-corrected chi connectivity index (χ4v) is 3.48. The first-order valence-corrected chi connectivity index (χ1v) is 8.84. The number of carbonyl (C=O) groups excluding carboxylic acids is 2. The molecular formula is C18H21F2N5O3. The Kier molecular flexibility index (Phi) is 5.76. The molecule has 0 spiro atoms. The number of anilines is 1. The van der Waals surface area contributed by atoms with Crippen molar-refractivity contribution in [2.45, 2.75) is 19.3 Å². The SMILES string of the molecule is CC(=O)N(C)C1OC(=O)N(c2cc(F)cc(F)c2)C1N1CCN(CC#N)CC1. The molecule has 2 aliphatic rings. The van der Waals surface area contributed by atoms with E-state index >= 15 is 0 Å². The van der Waals surface area contributed by atoms with Gasteiger partial charge in [0.25, 0.3) is 0 Å². The Morgan fingerprint density at radius 3 is 2.39 bits per heavy atom. The van der Waals surface area contributed by atoms with Gasteiger partial charge in [0.1, 0.15) is 11.6 Å². The Morgan fingerprint density at radius 1 is 1.25 bits per heavy atom. The second-order valence-corrected chi connectivity index (χ2v) is 6.79. The topological polar surface area (TPSA) is 80.1 Å². The molecule has 3 rings (SSSR count). The summed E-state index contributed by atoms with van der Waals surface area (Å²) >= 11 is 0. The third-order valence-electron chi connectivity index (χ3n) is 5.02. The summed E-state index contributed by atoms with van der Waals surface area (Å²) in [7, 11) is 1.51. The number of likely N-dealkylation sites (N-methyl/N-ethyl adjacent to an activating group) is 1. The molecule has 8 nitrogen and oxygen atoms in total. The molecule has 0 aromatic heterocycles. The van der Waals surface area contributed by atoms with Gasteiger partial charge >= 0.3 is 6.09 Å². The number of piperazine rings is 1. The molecule has 0 bridgehead atoms. The number of nitrogens with zero attached hydrogens (tertiary/aromatic N) is 5. The van der Waals surface area contributed by atoms with E-state index in [4.69, 9.17) is 10.00 Å². The second-order valence-electron chi connectivity index (χ2n) is 6.79. The lowest BCUT2D eigenvalue weighted by molar-refractivity contribution is -0.138. The zero-order valence-electron chi connectivity index (χ0n) is 15.6. The Labute approximate surface area is 161 Å². The van der Waals surface area contributed by atoms with Crippen molar-refractivity contribution in [2.24, 2.45) is 0 Å². The minimum atomic E-state index is -0.932. The first-order valence-electron chi connectivity index (χ1n) is 8.84. The summed E-state index contributed by atoms with van der Waals surface area (Å²) in [5.74, 6) is -1.94. The van der Waals surface area contributed by atoms with E-state index in [1.54, 1.807) is 0 Å². The molecule has 28 heavy (non-hydrogen) atoms. The van der Waals surface area contributed by atoms with E-state index in [2.05, 4.69) is 6.07 Å². The van der Waals surface area contributed by atoms with Gasteiger partial charge in [0, 0.05) is 46.2 Å². The van der Waals surface area contributed by atoms with Gasteiger partial charge in [-0.05, 0) is 12.1 Å². The number of amides is 2. The van der Waals surface area contributed by atoms with Crippen molar-refractivity contribution in [2.75, 3.05) is 44.7 Å². The number of cyclic esters (lactones) is 1. The lowest BCUT2D eigenvalue weighted by Gasteiger charge is -2.41. The third-order valence-corrected chi connectivity index (χ3v) is 5.02. The maximum Gasteiger partial charge on any atom is 0.417 e. The van der Waals surface area contributed by atoms with Crippen molar-refractivity contribution in [1.82, 2.24) is 14.7 Å². The number of halogens is 2. The van der Waals surface area contributed by atoms with Crippen LogP contribution in [0.4, 0.5) is 19.3 Å². The van der Waals surface area contributed by atoms with Crippen LogP contribution in [0.2, 0.25) is 0 Å². The van der Waals surface area contributed by atoms with Crippen molar-refractivity contribution < 1.29 is 23.1 Å². The van der Waals surface area contributed by atoms with Crippen molar-refractivity contribution in [1.29, 1.82) is 5.26 Å². The normalized spacial score (nSPS) is 23.4. The summed E-state index contributed by atoms with van der Waals surface area (Å²) < 4.78 is 32.9. The van der Waals surface area contributed by atoms with Gasteiger partial charge in [-0.2, -0.15) is 5.26 Å². The molecule has 2 atom stereocenters. The van der Waals surface area contributed by atoms with E-state index in [1.165, 1.54) is 23.8 Å². The van der Waals surface area contributed by atoms with Gasteiger partial charge in [-0.1, -0.05) is 0 Å². The molecule has 1 aromatic carbocycles. The van der Waals surface area contributed by atoms with Crippen molar-refractivity contribution in [3.05, 3.63) is 29.8 Å². The van der Waals surface area contributed by atoms with Crippen LogP contribution in [0.5, 0.6) is 0 Å². The highest BCUT2D eigenvalue weighted by Crippen LogP contribution is 2.32. The van der Waals surface area contributed by atoms with Crippen LogP contribution in [0.25, 0.3) is 0 Å². The quantitative estimate of drug-likeness (QED) is 0.715. The van der Waals surface area contributed by atoms with Gasteiger partial charge in [-0.3, -0.25) is 19.5 Å². The number of hydrogen-bond donors (Lipinski definition) is 0. The molecule has 10 heteroatoms. The lowest BCUT2D eigenvalue weighted by Crippen LogP contribution is -2.60. The summed E-state index contributed by atoms with van der Waals surface area (Å²) in [5.41, 5.74) is 0.0198. The highest BCUT2D eigenvalue weighted by molar-refractivity contribution is 5.91. The van der Waals surface area contributed by atoms with Crippen LogP contribution in [-0.2, 0) is 9.53 Å². The standard InChI is InChI=1S/C18H21F2N5O3/c1-12(26)22(2)17-16(24-7-5-23(4-3-21)6-8-24)25(18(27)28-17)15-10-13(19)9-14(20)11-15/h9-11,16-17H,4-8H2,1-2H3. The Balaban J connectivity index is 1.94. The minimum absolute atomic E-state index is 0.0198. The highest BCUT2D eigenvalue weighted by Gasteiger charge is 2.49. The second kappa shape index (κ2) is 8.08.